The number of halogens is 5. The molecule has 0 aliphatic heterocycles. The third-order valence-corrected chi connectivity index (χ3v) is 4.73. The minimum absolute atomic E-state index is 0. The third kappa shape index (κ3) is 40.8. The number of carbonyl (C=O) groups excluding carboxylic acids is 2. The van der Waals surface area contributed by atoms with Gasteiger partial charge < -0.3 is 26.1 Å². The SMILES string of the molecule is C.CC.CC.CC.CC.Cc1ccccc1C(=O)Nc1ccccc1O.Cc1ccccc1[C-]=O.Nc1ccccc1O.[I][V]([I])[I].[I][V][I].[Y]. The predicted molar refractivity (Wildman–Crippen MR) is 258 cm³/mol. The van der Waals surface area contributed by atoms with E-state index in [0.717, 1.165) is 11.1 Å². The first-order chi connectivity index (χ1) is 23.5. The molecule has 0 saturated heterocycles. The number of aromatic hydroxyl groups is 2. The fraction of sp³-hybridized carbons (Fsp3) is 0.297. The summed E-state index contributed by atoms with van der Waals surface area (Å²) in [6, 6.07) is 28.0. The van der Waals surface area contributed by atoms with Crippen LogP contribution in [0, 0.1) is 13.8 Å². The number of rotatable bonds is 3. The molecule has 4 rings (SSSR count). The average Bonchev–Trinajstić information content (AvgIpc) is 3.12. The number of phenols is 2. The number of phenolic OH excluding ortho intramolecular Hbond substituents is 2. The summed E-state index contributed by atoms with van der Waals surface area (Å²) < 4.78 is 0. The van der Waals surface area contributed by atoms with Crippen LogP contribution in [0.1, 0.15) is 89.9 Å². The summed E-state index contributed by atoms with van der Waals surface area (Å²) in [4.78, 5) is 21.8. The zero-order valence-electron chi connectivity index (χ0n) is 30.4. The van der Waals surface area contributed by atoms with Crippen molar-refractivity contribution in [3.63, 3.8) is 0 Å². The first-order valence-electron chi connectivity index (χ1n) is 15.3. The molecule has 0 heterocycles. The van der Waals surface area contributed by atoms with Crippen molar-refractivity contribution in [1.82, 2.24) is 0 Å². The van der Waals surface area contributed by atoms with Crippen LogP contribution in [0.15, 0.2) is 97.1 Å². The molecule has 286 valence electrons. The van der Waals surface area contributed by atoms with Crippen molar-refractivity contribution in [1.29, 1.82) is 0 Å². The Labute approximate surface area is 402 Å². The van der Waals surface area contributed by atoms with Crippen LogP contribution >= 0.6 is 99.9 Å². The van der Waals surface area contributed by atoms with Crippen LogP contribution in [-0.2, 0) is 51.9 Å². The summed E-state index contributed by atoms with van der Waals surface area (Å²) in [5.41, 5.74) is 9.25. The van der Waals surface area contributed by atoms with E-state index in [0.29, 0.717) is 32.0 Å². The summed E-state index contributed by atoms with van der Waals surface area (Å²) >= 11 is 12.1. The van der Waals surface area contributed by atoms with Crippen LogP contribution in [0.4, 0.5) is 11.4 Å². The standard InChI is InChI=1S/C14H13NO2.C8H7O.C6H7NO.4C2H6.CH4.5HI.2V.Y/c1-10-6-2-3-7-11(10)14(17)15-12-8-4-5-9-13(12)16;1-7-4-2-3-5-8(7)6-9;7-5-3-1-2-4-6(5)8;4*1-2;;;;;;;;;/h2-9,16H,1H3,(H,15,17);2-5H,1H3;1-4,8H,7H2;4*1-2H3;1H4;5*1H;;;/q;-1;;;;;;;;;;;;+2;+3;/p-5. The Balaban J connectivity index is -0.0000000983. The number of carbonyl (C=O) groups is 1. The number of nitrogens with one attached hydrogen (secondary N) is 1. The van der Waals surface area contributed by atoms with E-state index in [4.69, 9.17) is 10.8 Å². The molecule has 0 spiro atoms. The first-order valence-corrected chi connectivity index (χ1v) is 37.8. The number of hydrogen-bond donors (Lipinski definition) is 4. The molecule has 0 fully saturated rings. The second-order valence-corrected chi connectivity index (χ2v) is 54.7. The van der Waals surface area contributed by atoms with Gasteiger partial charge in [-0.25, -0.2) is 0 Å². The average molecular weight is 1420 g/mol. The molecule has 4 aromatic rings. The Kier molecular flexibility index (Phi) is 67.6. The number of anilines is 2. The van der Waals surface area contributed by atoms with Gasteiger partial charge in [0.25, 0.3) is 5.91 Å². The van der Waals surface area contributed by atoms with Gasteiger partial charge in [-0.2, -0.15) is 6.07 Å². The number of benzene rings is 4. The van der Waals surface area contributed by atoms with Crippen LogP contribution in [0.2, 0.25) is 0 Å². The molecule has 0 aliphatic carbocycles. The Morgan fingerprint density at radius 1 is 0.686 bits per heavy atom. The number of nitrogen functional groups attached to an aromatic ring is 1. The molecule has 0 aliphatic rings. The maximum Gasteiger partial charge on any atom is 0 e. The minimum atomic E-state index is -0.278. The van der Waals surface area contributed by atoms with Crippen LogP contribution in [0.5, 0.6) is 11.5 Å². The molecule has 0 bridgehead atoms. The Hall–Kier alpha value is 1.34. The molecular formula is C37H55I5N2O4V2Y-. The quantitative estimate of drug-likeness (QED) is 0.0707. The maximum atomic E-state index is 12.0. The zero-order chi connectivity index (χ0) is 39.2. The first kappa shape index (κ1) is 67.1. The van der Waals surface area contributed by atoms with Gasteiger partial charge >= 0.3 is 114 Å². The maximum absolute atomic E-state index is 12.0. The van der Waals surface area contributed by atoms with Gasteiger partial charge in [-0.1, -0.05) is 118 Å². The van der Waals surface area contributed by atoms with Crippen molar-refractivity contribution in [2.24, 2.45) is 0 Å². The molecule has 6 nitrogen and oxygen atoms in total. The largest absolute Gasteiger partial charge is 0 e. The van der Waals surface area contributed by atoms with Crippen molar-refractivity contribution in [3.8, 4) is 11.5 Å². The van der Waals surface area contributed by atoms with Gasteiger partial charge in [0, 0.05) is 38.3 Å². The topological polar surface area (TPSA) is 113 Å². The smallest absolute Gasteiger partial charge is 0 e. The predicted octanol–water partition coefficient (Wildman–Crippen LogP) is 14.5. The molecular weight excluding hydrogens is 1360 g/mol. The summed E-state index contributed by atoms with van der Waals surface area (Å²) in [6.45, 7) is 19.8. The van der Waals surface area contributed by atoms with E-state index in [-0.39, 0.29) is 62.5 Å². The van der Waals surface area contributed by atoms with Crippen LogP contribution < -0.4 is 11.1 Å². The van der Waals surface area contributed by atoms with Gasteiger partial charge in [0.05, 0.1) is 17.7 Å². The van der Waals surface area contributed by atoms with Crippen molar-refractivity contribution in [2.45, 2.75) is 76.7 Å². The van der Waals surface area contributed by atoms with Gasteiger partial charge in [-0.3, -0.25) is 4.79 Å². The second kappa shape index (κ2) is 51.3. The molecule has 51 heavy (non-hydrogen) atoms. The summed E-state index contributed by atoms with van der Waals surface area (Å²) in [5.74, 6) is -0.00784. The van der Waals surface area contributed by atoms with Crippen LogP contribution in [-0.4, -0.2) is 22.4 Å². The monoisotopic (exact) mass is 1420 g/mol. The van der Waals surface area contributed by atoms with E-state index >= 15 is 0 Å². The van der Waals surface area contributed by atoms with E-state index in [1.54, 1.807) is 54.6 Å². The number of para-hydroxylation sites is 4. The fourth-order valence-electron chi connectivity index (χ4n) is 2.77. The molecule has 14 heteroatoms. The molecule has 5 N–H and O–H groups in total. The molecule has 4 aromatic carbocycles. The van der Waals surface area contributed by atoms with E-state index in [9.17, 15) is 14.7 Å². The fourth-order valence-corrected chi connectivity index (χ4v) is 2.77. The normalized spacial score (nSPS) is 7.76. The summed E-state index contributed by atoms with van der Waals surface area (Å²) in [5, 5.41) is 21.0. The minimum Gasteiger partial charge on any atom is 0 e. The summed E-state index contributed by atoms with van der Waals surface area (Å²) in [6.07, 6.45) is 1.85. The van der Waals surface area contributed by atoms with Crippen molar-refractivity contribution in [3.05, 3.63) is 119 Å². The number of aryl methyl sites for hydroxylation is 2. The Morgan fingerprint density at radius 3 is 1.37 bits per heavy atom. The number of amides is 1. The van der Waals surface area contributed by atoms with Gasteiger partial charge in [-0.15, -0.1) is 23.3 Å². The van der Waals surface area contributed by atoms with E-state index < -0.39 is 0 Å². The molecule has 0 aromatic heterocycles. The molecule has 1 amide bonds. The van der Waals surface area contributed by atoms with Crippen LogP contribution in [0.3, 0.4) is 0 Å². The van der Waals surface area contributed by atoms with Gasteiger partial charge in [0.1, 0.15) is 11.5 Å². The third-order valence-electron chi connectivity index (χ3n) is 4.73. The van der Waals surface area contributed by atoms with Gasteiger partial charge in [0.2, 0.25) is 0 Å². The Bertz CT molecular complexity index is 1320. The molecule has 1 radical (unpaired) electrons. The van der Waals surface area contributed by atoms with Crippen LogP contribution in [0.25, 0.3) is 0 Å². The van der Waals surface area contributed by atoms with Gasteiger partial charge in [0.15, 0.2) is 0 Å². The van der Waals surface area contributed by atoms with E-state index in [2.05, 4.69) is 105 Å². The second-order valence-electron chi connectivity index (χ2n) is 7.52. The number of nitrogens with two attached hydrogens (primary N) is 1. The Morgan fingerprint density at radius 2 is 1.04 bits per heavy atom. The molecule has 0 unspecified atom stereocenters. The van der Waals surface area contributed by atoms with E-state index in [1.807, 2.05) is 112 Å². The summed E-state index contributed by atoms with van der Waals surface area (Å²) in [7, 11) is 0.628. The van der Waals surface area contributed by atoms with E-state index in [1.165, 1.54) is 6.07 Å². The van der Waals surface area contributed by atoms with Crippen molar-refractivity contribution < 1.29 is 66.9 Å². The molecule has 0 atom stereocenters. The van der Waals surface area contributed by atoms with Gasteiger partial charge in [-0.05, 0) is 42.8 Å². The zero-order valence-corrected chi connectivity index (χ0v) is 46.8. The number of hydrogen-bond acceptors (Lipinski definition) is 5. The van der Waals surface area contributed by atoms with Crippen molar-refractivity contribution in [2.75, 3.05) is 11.1 Å². The van der Waals surface area contributed by atoms with Crippen molar-refractivity contribution >= 4 is 123 Å². The molecule has 0 saturated carbocycles.